The van der Waals surface area contributed by atoms with Gasteiger partial charge in [0.25, 0.3) is 5.91 Å². The van der Waals surface area contributed by atoms with Gasteiger partial charge in [0.2, 0.25) is 17.8 Å². The lowest BCUT2D eigenvalue weighted by molar-refractivity contribution is 0.0511. The molecular weight excluding hydrogens is 508 g/mol. The molecule has 11 nitrogen and oxygen atoms in total. The van der Waals surface area contributed by atoms with Crippen LogP contribution in [0.3, 0.4) is 0 Å². The number of hydrogen-bond acceptors (Lipinski definition) is 10. The number of benzene rings is 2. The number of anilines is 4. The average Bonchev–Trinajstić information content (AvgIpc) is 2.93. The van der Waals surface area contributed by atoms with Crippen molar-refractivity contribution >= 4 is 41.0 Å². The van der Waals surface area contributed by atoms with E-state index in [4.69, 9.17) is 26.8 Å². The van der Waals surface area contributed by atoms with Gasteiger partial charge >= 0.3 is 0 Å². The van der Waals surface area contributed by atoms with Gasteiger partial charge in [0, 0.05) is 42.5 Å². The molecule has 0 unspecified atom stereocenters. The molecule has 0 spiro atoms. The molecule has 0 bridgehead atoms. The number of nitrogens with one attached hydrogen (secondary N) is 4. The van der Waals surface area contributed by atoms with E-state index in [-0.39, 0.29) is 5.91 Å². The maximum absolute atomic E-state index is 12.4. The Bertz CT molecular complexity index is 1150. The Balaban J connectivity index is 1.54. The summed E-state index contributed by atoms with van der Waals surface area (Å²) in [6.45, 7) is 7.44. The summed E-state index contributed by atoms with van der Waals surface area (Å²) in [5, 5.41) is 12.9. The summed E-state index contributed by atoms with van der Waals surface area (Å²) in [5.74, 6) is 0.942. The number of halogens is 1. The van der Waals surface area contributed by atoms with E-state index >= 15 is 0 Å². The van der Waals surface area contributed by atoms with Crippen LogP contribution in [0.5, 0.6) is 0 Å². The van der Waals surface area contributed by atoms with Crippen LogP contribution in [0, 0.1) is 0 Å². The number of hydrogen-bond donors (Lipinski definition) is 5. The van der Waals surface area contributed by atoms with Crippen LogP contribution in [0.15, 0.2) is 61.2 Å². The van der Waals surface area contributed by atoms with E-state index in [0.29, 0.717) is 86.7 Å². The second-order valence-electron chi connectivity index (χ2n) is 7.93. The molecule has 3 aromatic rings. The fourth-order valence-corrected chi connectivity index (χ4v) is 3.24. The fourth-order valence-electron chi connectivity index (χ4n) is 3.11. The molecule has 6 N–H and O–H groups in total. The second kappa shape index (κ2) is 16.2. The number of ether oxygens (including phenoxy) is 2. The largest absolute Gasteiger partial charge is 0.378 e. The molecule has 0 saturated heterocycles. The standard InChI is InChI=1S/C26H33ClN8O3/c1-2-12-30-24-33-25(31-18-19-3-7-21(27)8-4-19)35-26(34-24)32-22-9-5-20(6-10-22)23(36)29-13-15-38-17-16-37-14-11-28/h2-10H,1,11-18,28H2,(H,29,36)(H3,30,31,32,33,34,35). The summed E-state index contributed by atoms with van der Waals surface area (Å²) in [7, 11) is 0. The third-order valence-corrected chi connectivity index (χ3v) is 5.23. The average molecular weight is 541 g/mol. The van der Waals surface area contributed by atoms with Crippen molar-refractivity contribution in [2.24, 2.45) is 5.73 Å². The highest BCUT2D eigenvalue weighted by atomic mass is 35.5. The van der Waals surface area contributed by atoms with Crippen molar-refractivity contribution in [3.63, 3.8) is 0 Å². The number of carbonyl (C=O) groups excluding carboxylic acids is 1. The van der Waals surface area contributed by atoms with E-state index in [1.54, 1.807) is 30.3 Å². The Labute approximate surface area is 227 Å². The molecule has 0 saturated carbocycles. The molecule has 0 atom stereocenters. The Kier molecular flexibility index (Phi) is 12.2. The molecule has 0 fully saturated rings. The zero-order valence-corrected chi connectivity index (χ0v) is 21.8. The smallest absolute Gasteiger partial charge is 0.251 e. The first-order valence-corrected chi connectivity index (χ1v) is 12.5. The quantitative estimate of drug-likeness (QED) is 0.128. The number of nitrogens with zero attached hydrogens (tertiary/aromatic N) is 3. The van der Waals surface area contributed by atoms with Gasteiger partial charge in [-0.1, -0.05) is 29.8 Å². The van der Waals surface area contributed by atoms with E-state index in [1.807, 2.05) is 24.3 Å². The first kappa shape index (κ1) is 28.8. The van der Waals surface area contributed by atoms with E-state index in [9.17, 15) is 4.79 Å². The molecule has 0 aliphatic carbocycles. The summed E-state index contributed by atoms with van der Waals surface area (Å²) < 4.78 is 10.6. The molecule has 12 heteroatoms. The van der Waals surface area contributed by atoms with Crippen molar-refractivity contribution in [1.29, 1.82) is 0 Å². The van der Waals surface area contributed by atoms with Crippen molar-refractivity contribution in [3.8, 4) is 0 Å². The van der Waals surface area contributed by atoms with Gasteiger partial charge in [-0.2, -0.15) is 15.0 Å². The summed E-state index contributed by atoms with van der Waals surface area (Å²) in [5.41, 5.74) is 7.62. The number of amides is 1. The van der Waals surface area contributed by atoms with Gasteiger partial charge in [0.05, 0.1) is 26.4 Å². The minimum atomic E-state index is -0.190. The predicted molar refractivity (Wildman–Crippen MR) is 150 cm³/mol. The lowest BCUT2D eigenvalue weighted by atomic mass is 10.2. The molecule has 0 radical (unpaired) electrons. The van der Waals surface area contributed by atoms with Crippen LogP contribution in [0.2, 0.25) is 5.02 Å². The molecule has 1 aromatic heterocycles. The molecule has 1 amide bonds. The van der Waals surface area contributed by atoms with Crippen LogP contribution in [0.1, 0.15) is 15.9 Å². The summed E-state index contributed by atoms with van der Waals surface area (Å²) in [4.78, 5) is 25.7. The maximum Gasteiger partial charge on any atom is 0.251 e. The Morgan fingerprint density at radius 1 is 0.895 bits per heavy atom. The monoisotopic (exact) mass is 540 g/mol. The number of rotatable bonds is 17. The molecular formula is C26H33ClN8O3. The molecule has 0 aliphatic heterocycles. The van der Waals surface area contributed by atoms with Crippen LogP contribution in [0.25, 0.3) is 0 Å². The normalized spacial score (nSPS) is 10.6. The van der Waals surface area contributed by atoms with Gasteiger partial charge in [0.1, 0.15) is 0 Å². The Morgan fingerprint density at radius 3 is 2.24 bits per heavy atom. The summed E-state index contributed by atoms with van der Waals surface area (Å²) >= 11 is 5.96. The minimum absolute atomic E-state index is 0.190. The van der Waals surface area contributed by atoms with Gasteiger partial charge in [-0.15, -0.1) is 6.58 Å². The molecule has 2 aromatic carbocycles. The molecule has 1 heterocycles. The van der Waals surface area contributed by atoms with E-state index in [1.165, 1.54) is 0 Å². The maximum atomic E-state index is 12.4. The van der Waals surface area contributed by atoms with Crippen LogP contribution in [-0.4, -0.2) is 66.9 Å². The molecule has 38 heavy (non-hydrogen) atoms. The van der Waals surface area contributed by atoms with Gasteiger partial charge in [-0.25, -0.2) is 0 Å². The lowest BCUT2D eigenvalue weighted by Gasteiger charge is -2.11. The highest BCUT2D eigenvalue weighted by Gasteiger charge is 2.09. The fraction of sp³-hybridized carbons (Fsp3) is 0.308. The van der Waals surface area contributed by atoms with Crippen LogP contribution in [-0.2, 0) is 16.0 Å². The summed E-state index contributed by atoms with van der Waals surface area (Å²) in [6, 6.07) is 14.5. The van der Waals surface area contributed by atoms with Crippen molar-refractivity contribution in [3.05, 3.63) is 77.3 Å². The molecule has 3 rings (SSSR count). The van der Waals surface area contributed by atoms with Crippen molar-refractivity contribution in [2.75, 3.05) is 62.0 Å². The predicted octanol–water partition coefficient (Wildman–Crippen LogP) is 3.20. The molecule has 202 valence electrons. The Morgan fingerprint density at radius 2 is 1.55 bits per heavy atom. The second-order valence-corrected chi connectivity index (χ2v) is 8.36. The lowest BCUT2D eigenvalue weighted by Crippen LogP contribution is -2.27. The van der Waals surface area contributed by atoms with E-state index in [2.05, 4.69) is 42.8 Å². The summed E-state index contributed by atoms with van der Waals surface area (Å²) in [6.07, 6.45) is 1.71. The van der Waals surface area contributed by atoms with Gasteiger partial charge in [0.15, 0.2) is 0 Å². The van der Waals surface area contributed by atoms with E-state index in [0.717, 1.165) is 5.56 Å². The number of nitrogens with two attached hydrogens (primary N) is 1. The van der Waals surface area contributed by atoms with Gasteiger partial charge in [-0.05, 0) is 42.0 Å². The minimum Gasteiger partial charge on any atom is -0.378 e. The highest BCUT2D eigenvalue weighted by molar-refractivity contribution is 6.30. The number of carbonyl (C=O) groups is 1. The van der Waals surface area contributed by atoms with Crippen molar-refractivity contribution in [2.45, 2.75) is 6.54 Å². The zero-order chi connectivity index (χ0) is 27.0. The van der Waals surface area contributed by atoms with E-state index < -0.39 is 0 Å². The first-order chi connectivity index (χ1) is 18.6. The van der Waals surface area contributed by atoms with Gasteiger partial charge < -0.3 is 36.5 Å². The highest BCUT2D eigenvalue weighted by Crippen LogP contribution is 2.18. The van der Waals surface area contributed by atoms with Crippen molar-refractivity contribution < 1.29 is 14.3 Å². The Hall–Kier alpha value is -3.77. The third-order valence-electron chi connectivity index (χ3n) is 4.97. The SMILES string of the molecule is C=CCNc1nc(NCc2ccc(Cl)cc2)nc(Nc2ccc(C(=O)NCCOCCOCCN)cc2)n1. The van der Waals surface area contributed by atoms with Gasteiger partial charge in [-0.3, -0.25) is 4.79 Å². The topological polar surface area (TPSA) is 148 Å². The van der Waals surface area contributed by atoms with Crippen LogP contribution < -0.4 is 27.0 Å². The van der Waals surface area contributed by atoms with Crippen LogP contribution in [0.4, 0.5) is 23.5 Å². The first-order valence-electron chi connectivity index (χ1n) is 12.2. The van der Waals surface area contributed by atoms with Crippen LogP contribution >= 0.6 is 11.6 Å². The van der Waals surface area contributed by atoms with Crippen molar-refractivity contribution in [1.82, 2.24) is 20.3 Å². The molecule has 0 aliphatic rings. The number of aromatic nitrogens is 3. The third kappa shape index (κ3) is 10.3. The zero-order valence-electron chi connectivity index (χ0n) is 21.1.